The Bertz CT molecular complexity index is 323. The van der Waals surface area contributed by atoms with E-state index in [0.29, 0.717) is 6.04 Å². The van der Waals surface area contributed by atoms with Crippen LogP contribution in [0.25, 0.3) is 0 Å². The van der Waals surface area contributed by atoms with E-state index in [-0.39, 0.29) is 0 Å². The lowest BCUT2D eigenvalue weighted by molar-refractivity contribution is 0.181. The molecule has 0 radical (unpaired) electrons. The van der Waals surface area contributed by atoms with Gasteiger partial charge in [0.15, 0.2) is 0 Å². The number of hydrogen-bond donors (Lipinski definition) is 1. The number of nitrogens with one attached hydrogen (secondary N) is 1. The SMILES string of the molecule is CNC(Cc1cc(Br)cs1)CC1CCOC1. The Morgan fingerprint density at radius 3 is 3.12 bits per heavy atom. The van der Waals surface area contributed by atoms with Crippen LogP contribution in [0.2, 0.25) is 0 Å². The van der Waals surface area contributed by atoms with Crippen LogP contribution in [-0.2, 0) is 11.2 Å². The van der Waals surface area contributed by atoms with Crippen LogP contribution in [0, 0.1) is 5.92 Å². The van der Waals surface area contributed by atoms with Crippen LogP contribution in [0.3, 0.4) is 0 Å². The van der Waals surface area contributed by atoms with E-state index in [1.165, 1.54) is 22.2 Å². The van der Waals surface area contributed by atoms with E-state index in [1.54, 1.807) is 0 Å². The predicted octanol–water partition coefficient (Wildman–Crippen LogP) is 3.07. The van der Waals surface area contributed by atoms with Crippen molar-refractivity contribution in [1.29, 1.82) is 0 Å². The van der Waals surface area contributed by atoms with E-state index < -0.39 is 0 Å². The molecule has 2 unspecified atom stereocenters. The highest BCUT2D eigenvalue weighted by Crippen LogP contribution is 2.24. The zero-order valence-corrected chi connectivity index (χ0v) is 11.9. The molecule has 1 aromatic heterocycles. The molecule has 16 heavy (non-hydrogen) atoms. The maximum Gasteiger partial charge on any atom is 0.0495 e. The zero-order chi connectivity index (χ0) is 11.4. The van der Waals surface area contributed by atoms with Crippen molar-refractivity contribution in [3.05, 3.63) is 20.8 Å². The first-order valence-electron chi connectivity index (χ1n) is 5.76. The summed E-state index contributed by atoms with van der Waals surface area (Å²) in [6.45, 7) is 1.90. The first-order chi connectivity index (χ1) is 7.78. The molecule has 0 aromatic carbocycles. The highest BCUT2D eigenvalue weighted by molar-refractivity contribution is 9.10. The van der Waals surface area contributed by atoms with Gasteiger partial charge in [-0.1, -0.05) is 0 Å². The molecule has 0 aliphatic carbocycles. The molecular formula is C12H18BrNOS. The number of thiophene rings is 1. The van der Waals surface area contributed by atoms with Crippen LogP contribution in [0.5, 0.6) is 0 Å². The summed E-state index contributed by atoms with van der Waals surface area (Å²) >= 11 is 5.34. The molecule has 0 amide bonds. The minimum Gasteiger partial charge on any atom is -0.381 e. The minimum atomic E-state index is 0.581. The quantitative estimate of drug-likeness (QED) is 0.902. The molecular weight excluding hydrogens is 286 g/mol. The second-order valence-electron chi connectivity index (χ2n) is 4.39. The standard InChI is InChI=1S/C12H18BrNOS/c1-14-11(4-9-2-3-15-7-9)6-12-5-10(13)8-16-12/h5,8-9,11,14H,2-4,6-7H2,1H3. The zero-order valence-electron chi connectivity index (χ0n) is 9.54. The molecule has 0 spiro atoms. The number of likely N-dealkylation sites (N-methyl/N-ethyl adjacent to an activating group) is 1. The van der Waals surface area contributed by atoms with E-state index in [0.717, 1.165) is 25.6 Å². The second-order valence-corrected chi connectivity index (χ2v) is 6.30. The maximum atomic E-state index is 5.42. The van der Waals surface area contributed by atoms with Crippen molar-refractivity contribution < 1.29 is 4.74 Å². The molecule has 0 saturated carbocycles. The van der Waals surface area contributed by atoms with Crippen molar-refractivity contribution in [2.75, 3.05) is 20.3 Å². The summed E-state index contributed by atoms with van der Waals surface area (Å²) in [5, 5.41) is 5.58. The molecule has 2 rings (SSSR count). The van der Waals surface area contributed by atoms with Gasteiger partial charge in [-0.05, 0) is 54.2 Å². The third kappa shape index (κ3) is 3.55. The molecule has 1 aliphatic rings. The molecule has 2 nitrogen and oxygen atoms in total. The molecule has 2 atom stereocenters. The van der Waals surface area contributed by atoms with E-state index in [2.05, 4.69) is 39.7 Å². The normalized spacial score (nSPS) is 22.5. The van der Waals surface area contributed by atoms with Gasteiger partial charge in [0.25, 0.3) is 0 Å². The smallest absolute Gasteiger partial charge is 0.0495 e. The second kappa shape index (κ2) is 6.15. The van der Waals surface area contributed by atoms with Gasteiger partial charge in [0, 0.05) is 34.0 Å². The van der Waals surface area contributed by atoms with E-state index in [1.807, 2.05) is 11.3 Å². The van der Waals surface area contributed by atoms with Crippen molar-refractivity contribution in [3.63, 3.8) is 0 Å². The van der Waals surface area contributed by atoms with Gasteiger partial charge in [0.2, 0.25) is 0 Å². The van der Waals surface area contributed by atoms with Gasteiger partial charge in [-0.2, -0.15) is 0 Å². The summed E-state index contributed by atoms with van der Waals surface area (Å²) in [5.74, 6) is 0.751. The third-order valence-corrected chi connectivity index (χ3v) is 4.84. The van der Waals surface area contributed by atoms with Crippen molar-refractivity contribution in [2.45, 2.75) is 25.3 Å². The van der Waals surface area contributed by atoms with Crippen LogP contribution < -0.4 is 5.32 Å². The minimum absolute atomic E-state index is 0.581. The van der Waals surface area contributed by atoms with Gasteiger partial charge in [-0.3, -0.25) is 0 Å². The Balaban J connectivity index is 1.84. The van der Waals surface area contributed by atoms with Gasteiger partial charge >= 0.3 is 0 Å². The Labute approximate surface area is 110 Å². The number of halogens is 1. The molecule has 0 bridgehead atoms. The van der Waals surface area contributed by atoms with Crippen LogP contribution in [0.15, 0.2) is 15.9 Å². The lowest BCUT2D eigenvalue weighted by Gasteiger charge is -2.18. The molecule has 1 saturated heterocycles. The number of ether oxygens (including phenoxy) is 1. The number of hydrogen-bond acceptors (Lipinski definition) is 3. The average molecular weight is 304 g/mol. The number of rotatable bonds is 5. The molecule has 4 heteroatoms. The van der Waals surface area contributed by atoms with Gasteiger partial charge in [0.1, 0.15) is 0 Å². The summed E-state index contributed by atoms with van der Waals surface area (Å²) < 4.78 is 6.62. The molecule has 1 aromatic rings. The average Bonchev–Trinajstić information content (AvgIpc) is 2.89. The van der Waals surface area contributed by atoms with Gasteiger partial charge in [-0.25, -0.2) is 0 Å². The van der Waals surface area contributed by atoms with E-state index in [9.17, 15) is 0 Å². The van der Waals surface area contributed by atoms with E-state index in [4.69, 9.17) is 4.74 Å². The Hall–Kier alpha value is 0.1000. The maximum absolute atomic E-state index is 5.42. The fourth-order valence-electron chi connectivity index (χ4n) is 2.18. The topological polar surface area (TPSA) is 21.3 Å². The summed E-state index contributed by atoms with van der Waals surface area (Å²) in [5.41, 5.74) is 0. The molecule has 1 N–H and O–H groups in total. The van der Waals surface area contributed by atoms with Crippen molar-refractivity contribution >= 4 is 27.3 Å². The Kier molecular flexibility index (Phi) is 4.82. The first kappa shape index (κ1) is 12.6. The lowest BCUT2D eigenvalue weighted by atomic mass is 9.97. The van der Waals surface area contributed by atoms with Crippen molar-refractivity contribution in [3.8, 4) is 0 Å². The molecule has 1 aliphatic heterocycles. The van der Waals surface area contributed by atoms with Crippen molar-refractivity contribution in [1.82, 2.24) is 5.32 Å². The lowest BCUT2D eigenvalue weighted by Crippen LogP contribution is -2.30. The summed E-state index contributed by atoms with van der Waals surface area (Å²) in [6, 6.07) is 2.80. The van der Waals surface area contributed by atoms with Gasteiger partial charge in [0.05, 0.1) is 0 Å². The van der Waals surface area contributed by atoms with Crippen LogP contribution >= 0.6 is 27.3 Å². The van der Waals surface area contributed by atoms with Crippen LogP contribution in [0.1, 0.15) is 17.7 Å². The Morgan fingerprint density at radius 1 is 1.69 bits per heavy atom. The molecule has 2 heterocycles. The highest BCUT2D eigenvalue weighted by Gasteiger charge is 2.20. The molecule has 1 fully saturated rings. The monoisotopic (exact) mass is 303 g/mol. The molecule has 90 valence electrons. The Morgan fingerprint density at radius 2 is 2.56 bits per heavy atom. The first-order valence-corrected chi connectivity index (χ1v) is 7.43. The van der Waals surface area contributed by atoms with Gasteiger partial charge < -0.3 is 10.1 Å². The fraction of sp³-hybridized carbons (Fsp3) is 0.667. The summed E-state index contributed by atoms with van der Waals surface area (Å²) in [4.78, 5) is 1.45. The largest absolute Gasteiger partial charge is 0.381 e. The fourth-order valence-corrected chi connectivity index (χ4v) is 3.71. The summed E-state index contributed by atoms with van der Waals surface area (Å²) in [7, 11) is 2.06. The van der Waals surface area contributed by atoms with E-state index >= 15 is 0 Å². The summed E-state index contributed by atoms with van der Waals surface area (Å²) in [6.07, 6.45) is 3.58. The van der Waals surface area contributed by atoms with Gasteiger partial charge in [-0.15, -0.1) is 11.3 Å². The van der Waals surface area contributed by atoms with Crippen LogP contribution in [0.4, 0.5) is 0 Å². The van der Waals surface area contributed by atoms with Crippen LogP contribution in [-0.4, -0.2) is 26.3 Å². The predicted molar refractivity (Wildman–Crippen MR) is 72.1 cm³/mol. The van der Waals surface area contributed by atoms with Crippen molar-refractivity contribution in [2.24, 2.45) is 5.92 Å². The highest BCUT2D eigenvalue weighted by atomic mass is 79.9. The third-order valence-electron chi connectivity index (χ3n) is 3.12.